The summed E-state index contributed by atoms with van der Waals surface area (Å²) >= 11 is 11.6. The maximum Gasteiger partial charge on any atom is 0.252 e. The smallest absolute Gasteiger partial charge is 0.252 e. The minimum atomic E-state index is -0.707. The molecule has 17 heavy (non-hydrogen) atoms. The van der Waals surface area contributed by atoms with E-state index in [9.17, 15) is 4.79 Å². The van der Waals surface area contributed by atoms with Gasteiger partial charge in [-0.3, -0.25) is 4.79 Å². The van der Waals surface area contributed by atoms with Crippen molar-refractivity contribution in [2.75, 3.05) is 0 Å². The number of amides is 1. The van der Waals surface area contributed by atoms with Crippen LogP contribution in [-0.2, 0) is 0 Å². The number of hydrogen-bond donors (Lipinski definition) is 2. The molecular weight excluding hydrogens is 368 g/mol. The third-order valence-corrected chi connectivity index (χ3v) is 3.59. The number of nitrogens with one attached hydrogen (secondary N) is 1. The number of thiocarbonyl (C=S) groups is 1. The fourth-order valence-electron chi connectivity index (χ4n) is 1.10. The van der Waals surface area contributed by atoms with Crippen molar-refractivity contribution in [2.45, 2.75) is 19.4 Å². The van der Waals surface area contributed by atoms with Gasteiger partial charge in [0.15, 0.2) is 0 Å². The Kier molecular flexibility index (Phi) is 4.69. The zero-order valence-electron chi connectivity index (χ0n) is 9.38. The van der Waals surface area contributed by atoms with Gasteiger partial charge in [-0.1, -0.05) is 44.1 Å². The summed E-state index contributed by atoms with van der Waals surface area (Å²) in [6.07, 6.45) is 0. The topological polar surface area (TPSA) is 55.1 Å². The van der Waals surface area contributed by atoms with Gasteiger partial charge in [-0.2, -0.15) is 0 Å². The van der Waals surface area contributed by atoms with E-state index >= 15 is 0 Å². The summed E-state index contributed by atoms with van der Waals surface area (Å²) in [5, 5.41) is 2.78. The predicted molar refractivity (Wildman–Crippen MR) is 80.2 cm³/mol. The summed E-state index contributed by atoms with van der Waals surface area (Å²) in [5.74, 6) is -0.218. The third kappa shape index (κ3) is 4.04. The highest BCUT2D eigenvalue weighted by Gasteiger charge is 2.24. The lowest BCUT2D eigenvalue weighted by Gasteiger charge is -2.24. The number of carbonyl (C=O) groups excluding carboxylic acids is 1. The first-order valence-electron chi connectivity index (χ1n) is 4.81. The molecular formula is C11H12Br2N2OS. The van der Waals surface area contributed by atoms with E-state index < -0.39 is 5.54 Å². The first-order valence-corrected chi connectivity index (χ1v) is 6.80. The molecule has 6 heteroatoms. The van der Waals surface area contributed by atoms with Crippen LogP contribution in [0.2, 0.25) is 0 Å². The van der Waals surface area contributed by atoms with E-state index in [4.69, 9.17) is 18.0 Å². The first kappa shape index (κ1) is 14.6. The van der Waals surface area contributed by atoms with Crippen LogP contribution in [0.25, 0.3) is 0 Å². The van der Waals surface area contributed by atoms with Gasteiger partial charge in [0, 0.05) is 14.5 Å². The van der Waals surface area contributed by atoms with Crippen molar-refractivity contribution < 1.29 is 4.79 Å². The van der Waals surface area contributed by atoms with Crippen LogP contribution in [0, 0.1) is 0 Å². The minimum Gasteiger partial charge on any atom is -0.391 e. The van der Waals surface area contributed by atoms with Crippen LogP contribution < -0.4 is 11.1 Å². The molecule has 1 aromatic carbocycles. The molecule has 0 unspecified atom stereocenters. The summed E-state index contributed by atoms with van der Waals surface area (Å²) in [6.45, 7) is 3.53. The van der Waals surface area contributed by atoms with Crippen LogP contribution in [0.4, 0.5) is 0 Å². The number of carbonyl (C=O) groups is 1. The molecule has 3 nitrogen and oxygen atoms in total. The Labute approximate surface area is 122 Å². The van der Waals surface area contributed by atoms with Crippen molar-refractivity contribution in [3.63, 3.8) is 0 Å². The molecule has 0 radical (unpaired) electrons. The monoisotopic (exact) mass is 378 g/mol. The van der Waals surface area contributed by atoms with Gasteiger partial charge in [-0.15, -0.1) is 0 Å². The van der Waals surface area contributed by atoms with Crippen LogP contribution in [0.15, 0.2) is 27.1 Å². The normalized spacial score (nSPS) is 11.1. The Balaban J connectivity index is 2.94. The first-order chi connectivity index (χ1) is 7.72. The molecule has 0 heterocycles. The highest BCUT2D eigenvalue weighted by Crippen LogP contribution is 2.20. The lowest BCUT2D eigenvalue weighted by molar-refractivity contribution is 0.0932. The van der Waals surface area contributed by atoms with Crippen LogP contribution in [0.3, 0.4) is 0 Å². The zero-order valence-corrected chi connectivity index (χ0v) is 13.4. The van der Waals surface area contributed by atoms with E-state index in [0.29, 0.717) is 5.56 Å². The van der Waals surface area contributed by atoms with Crippen molar-refractivity contribution in [2.24, 2.45) is 5.73 Å². The van der Waals surface area contributed by atoms with Gasteiger partial charge in [-0.25, -0.2) is 0 Å². The standard InChI is InChI=1S/C11H12Br2N2OS/c1-11(2,10(14)17)15-9(16)6-3-7(12)5-8(13)4-6/h3-5H,1-2H3,(H2,14,17)(H,15,16). The summed E-state index contributed by atoms with van der Waals surface area (Å²) in [6, 6.07) is 5.32. The molecule has 3 N–H and O–H groups in total. The SMILES string of the molecule is CC(C)(NC(=O)c1cc(Br)cc(Br)c1)C(N)=S. The largest absolute Gasteiger partial charge is 0.391 e. The fourth-order valence-corrected chi connectivity index (χ4v) is 2.45. The van der Waals surface area contributed by atoms with Gasteiger partial charge in [-0.05, 0) is 32.0 Å². The number of hydrogen-bond acceptors (Lipinski definition) is 2. The van der Waals surface area contributed by atoms with Crippen LogP contribution in [-0.4, -0.2) is 16.4 Å². The van der Waals surface area contributed by atoms with Gasteiger partial charge < -0.3 is 11.1 Å². The van der Waals surface area contributed by atoms with Crippen molar-refractivity contribution in [3.8, 4) is 0 Å². The van der Waals surface area contributed by atoms with Crippen LogP contribution in [0.1, 0.15) is 24.2 Å². The number of nitrogens with two attached hydrogens (primary N) is 1. The lowest BCUT2D eigenvalue weighted by Crippen LogP contribution is -2.52. The molecule has 1 amide bonds. The molecule has 0 spiro atoms. The molecule has 0 aliphatic carbocycles. The molecule has 0 fully saturated rings. The Bertz CT molecular complexity index is 454. The molecule has 1 aromatic rings. The van der Waals surface area contributed by atoms with E-state index in [1.54, 1.807) is 26.0 Å². The van der Waals surface area contributed by atoms with E-state index in [-0.39, 0.29) is 10.9 Å². The second-order valence-corrected chi connectivity index (χ2v) is 6.37. The quantitative estimate of drug-likeness (QED) is 0.793. The molecule has 0 saturated carbocycles. The third-order valence-electron chi connectivity index (χ3n) is 2.17. The average molecular weight is 380 g/mol. The second kappa shape index (κ2) is 5.46. The molecule has 1 rings (SSSR count). The Hall–Kier alpha value is -0.460. The van der Waals surface area contributed by atoms with Crippen molar-refractivity contribution in [1.29, 1.82) is 0 Å². The highest BCUT2D eigenvalue weighted by molar-refractivity contribution is 9.11. The molecule has 0 bridgehead atoms. The fraction of sp³-hybridized carbons (Fsp3) is 0.273. The van der Waals surface area contributed by atoms with Crippen molar-refractivity contribution in [1.82, 2.24) is 5.32 Å². The molecule has 0 aliphatic rings. The van der Waals surface area contributed by atoms with E-state index in [1.807, 2.05) is 6.07 Å². The zero-order chi connectivity index (χ0) is 13.2. The van der Waals surface area contributed by atoms with Crippen LogP contribution >= 0.6 is 44.1 Å². The molecule has 92 valence electrons. The number of halogens is 2. The minimum absolute atomic E-state index is 0.218. The lowest BCUT2D eigenvalue weighted by atomic mass is 10.1. The van der Waals surface area contributed by atoms with Crippen molar-refractivity contribution in [3.05, 3.63) is 32.7 Å². The van der Waals surface area contributed by atoms with Gasteiger partial charge in [0.1, 0.15) is 0 Å². The molecule has 0 atom stereocenters. The summed E-state index contributed by atoms with van der Waals surface area (Å²) in [5.41, 5.74) is 5.39. The van der Waals surface area contributed by atoms with Gasteiger partial charge in [0.25, 0.3) is 5.91 Å². The Morgan fingerprint density at radius 3 is 2.18 bits per heavy atom. The molecule has 0 aliphatic heterocycles. The second-order valence-electron chi connectivity index (χ2n) is 4.10. The molecule has 0 saturated heterocycles. The highest BCUT2D eigenvalue weighted by atomic mass is 79.9. The van der Waals surface area contributed by atoms with E-state index in [1.165, 1.54) is 0 Å². The van der Waals surface area contributed by atoms with E-state index in [2.05, 4.69) is 37.2 Å². The summed E-state index contributed by atoms with van der Waals surface area (Å²) in [7, 11) is 0. The Morgan fingerprint density at radius 2 is 1.76 bits per heavy atom. The van der Waals surface area contributed by atoms with Gasteiger partial charge >= 0.3 is 0 Å². The number of rotatable bonds is 3. The number of benzene rings is 1. The van der Waals surface area contributed by atoms with Crippen LogP contribution in [0.5, 0.6) is 0 Å². The molecule has 0 aromatic heterocycles. The average Bonchev–Trinajstić information content (AvgIpc) is 2.15. The maximum atomic E-state index is 12.0. The Morgan fingerprint density at radius 1 is 1.29 bits per heavy atom. The maximum absolute atomic E-state index is 12.0. The van der Waals surface area contributed by atoms with Gasteiger partial charge in [0.05, 0.1) is 10.5 Å². The predicted octanol–water partition coefficient (Wildman–Crippen LogP) is 3.01. The van der Waals surface area contributed by atoms with Gasteiger partial charge in [0.2, 0.25) is 0 Å². The van der Waals surface area contributed by atoms with E-state index in [0.717, 1.165) is 8.95 Å². The summed E-state index contributed by atoms with van der Waals surface area (Å²) < 4.78 is 1.65. The summed E-state index contributed by atoms with van der Waals surface area (Å²) in [4.78, 5) is 12.3. The van der Waals surface area contributed by atoms with Crippen molar-refractivity contribution >= 4 is 55.0 Å².